The van der Waals surface area contributed by atoms with Crippen LogP contribution in [0, 0.1) is 5.41 Å². The molecular formula is C18H27NO4. The summed E-state index contributed by atoms with van der Waals surface area (Å²) < 4.78 is 5.32. The minimum Gasteiger partial charge on any atom is -0.480 e. The molecule has 2 N–H and O–H groups in total. The fourth-order valence-electron chi connectivity index (χ4n) is 2.07. The maximum atomic E-state index is 11.8. The molecule has 0 aliphatic heterocycles. The van der Waals surface area contributed by atoms with Crippen LogP contribution in [-0.2, 0) is 20.7 Å². The molecule has 0 bridgehead atoms. The van der Waals surface area contributed by atoms with Crippen molar-refractivity contribution in [1.82, 2.24) is 5.32 Å². The lowest BCUT2D eigenvalue weighted by Gasteiger charge is -2.21. The van der Waals surface area contributed by atoms with Crippen LogP contribution >= 0.6 is 0 Å². The Kier molecular flexibility index (Phi) is 7.75. The molecule has 0 spiro atoms. The van der Waals surface area contributed by atoms with Crippen molar-refractivity contribution in [2.75, 3.05) is 13.2 Å². The van der Waals surface area contributed by atoms with E-state index in [4.69, 9.17) is 4.74 Å². The number of nitrogens with one attached hydrogen (secondary N) is 1. The predicted octanol–water partition coefficient (Wildman–Crippen LogP) is 2.64. The van der Waals surface area contributed by atoms with Crippen LogP contribution in [0.4, 0.5) is 0 Å². The standard InChI is InChI=1S/C18H27NO4/c1-18(2,3)11-9-15(17(21)22)19-16(20)13-23-12-10-14-7-5-4-6-8-14/h4-8,15H,9-13H2,1-3H3,(H,19,20)(H,21,22). The largest absolute Gasteiger partial charge is 0.480 e. The van der Waals surface area contributed by atoms with Gasteiger partial charge < -0.3 is 15.2 Å². The molecular weight excluding hydrogens is 294 g/mol. The third-order valence-electron chi connectivity index (χ3n) is 3.43. The summed E-state index contributed by atoms with van der Waals surface area (Å²) in [4.78, 5) is 23.0. The van der Waals surface area contributed by atoms with Crippen LogP contribution in [0.2, 0.25) is 0 Å². The molecule has 0 saturated heterocycles. The van der Waals surface area contributed by atoms with Crippen LogP contribution in [0.1, 0.15) is 39.2 Å². The monoisotopic (exact) mass is 321 g/mol. The van der Waals surface area contributed by atoms with Crippen molar-refractivity contribution in [1.29, 1.82) is 0 Å². The third kappa shape index (κ3) is 8.98. The Hall–Kier alpha value is -1.88. The number of amides is 1. The number of aliphatic carboxylic acids is 1. The number of benzene rings is 1. The molecule has 0 radical (unpaired) electrons. The highest BCUT2D eigenvalue weighted by Crippen LogP contribution is 2.21. The summed E-state index contributed by atoms with van der Waals surface area (Å²) in [5, 5.41) is 11.7. The number of hydrogen-bond acceptors (Lipinski definition) is 3. The van der Waals surface area contributed by atoms with E-state index < -0.39 is 12.0 Å². The molecule has 1 amide bonds. The summed E-state index contributed by atoms with van der Waals surface area (Å²) >= 11 is 0. The van der Waals surface area contributed by atoms with Crippen molar-refractivity contribution in [2.24, 2.45) is 5.41 Å². The molecule has 1 unspecified atom stereocenters. The van der Waals surface area contributed by atoms with E-state index in [9.17, 15) is 14.7 Å². The van der Waals surface area contributed by atoms with Crippen molar-refractivity contribution < 1.29 is 19.4 Å². The van der Waals surface area contributed by atoms with Crippen LogP contribution in [-0.4, -0.2) is 36.2 Å². The second-order valence-electron chi connectivity index (χ2n) is 6.85. The highest BCUT2D eigenvalue weighted by Gasteiger charge is 2.22. The molecule has 1 atom stereocenters. The number of carboxylic acid groups (broad SMARTS) is 1. The Morgan fingerprint density at radius 1 is 1.22 bits per heavy atom. The van der Waals surface area contributed by atoms with Gasteiger partial charge >= 0.3 is 5.97 Å². The van der Waals surface area contributed by atoms with Crippen LogP contribution in [0.15, 0.2) is 30.3 Å². The molecule has 1 aromatic carbocycles. The van der Waals surface area contributed by atoms with Gasteiger partial charge in [-0.05, 0) is 30.2 Å². The van der Waals surface area contributed by atoms with Crippen molar-refractivity contribution in [3.8, 4) is 0 Å². The highest BCUT2D eigenvalue weighted by atomic mass is 16.5. The predicted molar refractivity (Wildman–Crippen MR) is 89.2 cm³/mol. The summed E-state index contributed by atoms with van der Waals surface area (Å²) in [6, 6.07) is 8.98. The molecule has 0 aliphatic carbocycles. The SMILES string of the molecule is CC(C)(C)CCC(NC(=O)COCCc1ccccc1)C(=O)O. The quantitative estimate of drug-likeness (QED) is 0.686. The van der Waals surface area contributed by atoms with E-state index in [1.54, 1.807) is 0 Å². The van der Waals surface area contributed by atoms with Gasteiger partial charge in [-0.3, -0.25) is 4.79 Å². The topological polar surface area (TPSA) is 75.6 Å². The number of carboxylic acids is 1. The maximum absolute atomic E-state index is 11.8. The third-order valence-corrected chi connectivity index (χ3v) is 3.43. The van der Waals surface area contributed by atoms with Gasteiger partial charge in [-0.15, -0.1) is 0 Å². The first kappa shape index (κ1) is 19.2. The first-order chi connectivity index (χ1) is 10.8. The molecule has 128 valence electrons. The summed E-state index contributed by atoms with van der Waals surface area (Å²) in [5.41, 5.74) is 1.17. The van der Waals surface area contributed by atoms with Gasteiger partial charge in [0, 0.05) is 0 Å². The van der Waals surface area contributed by atoms with Gasteiger partial charge in [-0.1, -0.05) is 51.1 Å². The summed E-state index contributed by atoms with van der Waals surface area (Å²) in [6.45, 7) is 6.44. The number of carbonyl (C=O) groups is 2. The van der Waals surface area contributed by atoms with Crippen LogP contribution in [0.3, 0.4) is 0 Å². The zero-order chi connectivity index (χ0) is 17.3. The van der Waals surface area contributed by atoms with Gasteiger partial charge in [-0.2, -0.15) is 0 Å². The van der Waals surface area contributed by atoms with Crippen LogP contribution in [0.5, 0.6) is 0 Å². The molecule has 0 fully saturated rings. The Morgan fingerprint density at radius 2 is 1.87 bits per heavy atom. The Morgan fingerprint density at radius 3 is 2.43 bits per heavy atom. The molecule has 5 heteroatoms. The van der Waals surface area contributed by atoms with Crippen molar-refractivity contribution in [3.63, 3.8) is 0 Å². The normalized spacial score (nSPS) is 12.7. The second-order valence-corrected chi connectivity index (χ2v) is 6.85. The van der Waals surface area contributed by atoms with Gasteiger partial charge in [-0.25, -0.2) is 4.79 Å². The molecule has 1 rings (SSSR count). The van der Waals surface area contributed by atoms with Crippen LogP contribution in [0.25, 0.3) is 0 Å². The van der Waals surface area contributed by atoms with Gasteiger partial charge in [0.25, 0.3) is 0 Å². The van der Waals surface area contributed by atoms with Gasteiger partial charge in [0.1, 0.15) is 12.6 Å². The molecule has 0 aliphatic rings. The highest BCUT2D eigenvalue weighted by molar-refractivity contribution is 5.84. The molecule has 5 nitrogen and oxygen atoms in total. The molecule has 23 heavy (non-hydrogen) atoms. The maximum Gasteiger partial charge on any atom is 0.326 e. The average molecular weight is 321 g/mol. The first-order valence-corrected chi connectivity index (χ1v) is 7.92. The number of rotatable bonds is 9. The summed E-state index contributed by atoms with van der Waals surface area (Å²) in [6.07, 6.45) is 1.86. The minimum atomic E-state index is -1.01. The average Bonchev–Trinajstić information content (AvgIpc) is 2.48. The number of carbonyl (C=O) groups excluding carboxylic acids is 1. The zero-order valence-electron chi connectivity index (χ0n) is 14.2. The van der Waals surface area contributed by atoms with E-state index in [0.717, 1.165) is 18.4 Å². The second kappa shape index (κ2) is 9.30. The smallest absolute Gasteiger partial charge is 0.326 e. The van der Waals surface area contributed by atoms with Gasteiger partial charge in [0.05, 0.1) is 6.61 Å². The van der Waals surface area contributed by atoms with E-state index in [1.165, 1.54) is 0 Å². The van der Waals surface area contributed by atoms with Crippen LogP contribution < -0.4 is 5.32 Å². The lowest BCUT2D eigenvalue weighted by molar-refractivity contribution is -0.142. The van der Waals surface area contributed by atoms with Crippen molar-refractivity contribution in [3.05, 3.63) is 35.9 Å². The van der Waals surface area contributed by atoms with E-state index in [1.807, 2.05) is 51.1 Å². The molecule has 0 aromatic heterocycles. The van der Waals surface area contributed by atoms with Gasteiger partial charge in [0.2, 0.25) is 5.91 Å². The zero-order valence-corrected chi connectivity index (χ0v) is 14.2. The van der Waals surface area contributed by atoms with Crippen molar-refractivity contribution in [2.45, 2.75) is 46.1 Å². The summed E-state index contributed by atoms with van der Waals surface area (Å²) in [5.74, 6) is -1.40. The van der Waals surface area contributed by atoms with E-state index in [-0.39, 0.29) is 17.9 Å². The van der Waals surface area contributed by atoms with Crippen molar-refractivity contribution >= 4 is 11.9 Å². The Labute approximate surface area is 138 Å². The Balaban J connectivity index is 2.28. The lowest BCUT2D eigenvalue weighted by Crippen LogP contribution is -2.43. The lowest BCUT2D eigenvalue weighted by atomic mass is 9.88. The Bertz CT molecular complexity index is 493. The molecule has 1 aromatic rings. The summed E-state index contributed by atoms with van der Waals surface area (Å²) in [7, 11) is 0. The van der Waals surface area contributed by atoms with E-state index >= 15 is 0 Å². The van der Waals surface area contributed by atoms with Gasteiger partial charge in [0.15, 0.2) is 0 Å². The minimum absolute atomic E-state index is 0.0324. The first-order valence-electron chi connectivity index (χ1n) is 7.92. The molecule has 0 heterocycles. The molecule has 0 saturated carbocycles. The van der Waals surface area contributed by atoms with E-state index in [2.05, 4.69) is 5.32 Å². The van der Waals surface area contributed by atoms with E-state index in [0.29, 0.717) is 13.0 Å². The number of ether oxygens (including phenoxy) is 1. The number of hydrogen-bond donors (Lipinski definition) is 2. The fraction of sp³-hybridized carbons (Fsp3) is 0.556. The fourth-order valence-corrected chi connectivity index (χ4v) is 2.07.